The number of hydrogen-bond donors (Lipinski definition) is 1. The fraction of sp³-hybridized carbons (Fsp3) is 0.417. The van der Waals surface area contributed by atoms with Crippen LogP contribution >= 0.6 is 23.2 Å². The van der Waals surface area contributed by atoms with E-state index in [1.165, 1.54) is 12.1 Å². The second-order valence-corrected chi connectivity index (χ2v) is 5.27. The van der Waals surface area contributed by atoms with Crippen molar-refractivity contribution in [2.24, 2.45) is 0 Å². The van der Waals surface area contributed by atoms with Gasteiger partial charge in [-0.15, -0.1) is 0 Å². The number of benzene rings is 1. The van der Waals surface area contributed by atoms with Gasteiger partial charge in [0.2, 0.25) is 0 Å². The van der Waals surface area contributed by atoms with E-state index in [-0.39, 0.29) is 22.4 Å². The van der Waals surface area contributed by atoms with Gasteiger partial charge in [-0.25, -0.2) is 4.79 Å². The minimum atomic E-state index is -0.475. The van der Waals surface area contributed by atoms with E-state index in [1.54, 1.807) is 0 Å². The van der Waals surface area contributed by atoms with Gasteiger partial charge in [0.1, 0.15) is 6.10 Å². The van der Waals surface area contributed by atoms with E-state index in [2.05, 4.69) is 4.90 Å². The van der Waals surface area contributed by atoms with Crippen molar-refractivity contribution >= 4 is 34.9 Å². The summed E-state index contributed by atoms with van der Waals surface area (Å²) in [6.07, 6.45) is 0.732. The van der Waals surface area contributed by atoms with E-state index in [0.717, 1.165) is 19.5 Å². The first-order valence-corrected chi connectivity index (χ1v) is 6.37. The number of ether oxygens (including phenoxy) is 1. The number of rotatable bonds is 2. The van der Waals surface area contributed by atoms with Crippen LogP contribution in [0, 0.1) is 0 Å². The molecule has 2 N–H and O–H groups in total. The lowest BCUT2D eigenvalue weighted by molar-refractivity contribution is 0.0328. The number of hydrogen-bond acceptors (Lipinski definition) is 4. The highest BCUT2D eigenvalue weighted by atomic mass is 35.5. The van der Waals surface area contributed by atoms with Crippen LogP contribution in [0.1, 0.15) is 16.8 Å². The molecule has 1 aliphatic heterocycles. The molecule has 1 atom stereocenters. The zero-order valence-corrected chi connectivity index (χ0v) is 11.5. The average molecular weight is 289 g/mol. The van der Waals surface area contributed by atoms with Crippen molar-refractivity contribution in [3.05, 3.63) is 27.7 Å². The number of anilines is 1. The molecule has 98 valence electrons. The van der Waals surface area contributed by atoms with Gasteiger partial charge in [-0.05, 0) is 25.6 Å². The smallest absolute Gasteiger partial charge is 0.340 e. The summed E-state index contributed by atoms with van der Waals surface area (Å²) in [5, 5.41) is 0.627. The lowest BCUT2D eigenvalue weighted by Crippen LogP contribution is -2.22. The van der Waals surface area contributed by atoms with E-state index in [4.69, 9.17) is 33.7 Å². The summed E-state index contributed by atoms with van der Waals surface area (Å²) >= 11 is 11.7. The summed E-state index contributed by atoms with van der Waals surface area (Å²) in [4.78, 5) is 14.1. The zero-order valence-electron chi connectivity index (χ0n) is 9.95. The summed E-state index contributed by atoms with van der Waals surface area (Å²) < 4.78 is 5.38. The molecule has 1 aromatic carbocycles. The first-order valence-electron chi connectivity index (χ1n) is 5.61. The number of carbonyl (C=O) groups excluding carboxylic acids is 1. The van der Waals surface area contributed by atoms with Crippen LogP contribution in [0.25, 0.3) is 0 Å². The topological polar surface area (TPSA) is 55.6 Å². The van der Waals surface area contributed by atoms with Gasteiger partial charge < -0.3 is 15.4 Å². The zero-order chi connectivity index (χ0) is 13.3. The molecule has 18 heavy (non-hydrogen) atoms. The monoisotopic (exact) mass is 288 g/mol. The molecule has 1 aromatic rings. The maximum Gasteiger partial charge on any atom is 0.340 e. The average Bonchev–Trinajstić information content (AvgIpc) is 2.69. The number of nitrogens with zero attached hydrogens (tertiary/aromatic N) is 1. The van der Waals surface area contributed by atoms with Gasteiger partial charge in [0, 0.05) is 18.1 Å². The van der Waals surface area contributed by atoms with Crippen LogP contribution in [0.3, 0.4) is 0 Å². The standard InChI is InChI=1S/C12H14Cl2N2O2/c1-16-3-2-8(6-16)18-12(17)9-4-7(13)5-10(14)11(9)15/h4-5,8H,2-3,6,15H2,1H3. The number of carbonyl (C=O) groups is 1. The molecule has 0 radical (unpaired) electrons. The maximum absolute atomic E-state index is 12.0. The van der Waals surface area contributed by atoms with Gasteiger partial charge in [0.25, 0.3) is 0 Å². The van der Waals surface area contributed by atoms with Crippen LogP contribution in [0.2, 0.25) is 10.0 Å². The molecule has 1 unspecified atom stereocenters. The fourth-order valence-electron chi connectivity index (χ4n) is 1.96. The van der Waals surface area contributed by atoms with Gasteiger partial charge >= 0.3 is 5.97 Å². The van der Waals surface area contributed by atoms with Crippen molar-refractivity contribution in [3.63, 3.8) is 0 Å². The molecule has 0 aliphatic carbocycles. The third-order valence-electron chi connectivity index (χ3n) is 2.94. The second-order valence-electron chi connectivity index (χ2n) is 4.43. The van der Waals surface area contributed by atoms with Crippen LogP contribution in [0.15, 0.2) is 12.1 Å². The Bertz CT molecular complexity index is 479. The van der Waals surface area contributed by atoms with E-state index in [9.17, 15) is 4.79 Å². The SMILES string of the molecule is CN1CCC(OC(=O)c2cc(Cl)cc(Cl)c2N)C1. The lowest BCUT2D eigenvalue weighted by Gasteiger charge is -2.14. The molecule has 0 spiro atoms. The summed E-state index contributed by atoms with van der Waals surface area (Å²) in [5.41, 5.74) is 6.18. The minimum Gasteiger partial charge on any atom is -0.457 e. The summed E-state index contributed by atoms with van der Waals surface area (Å²) in [5.74, 6) is -0.475. The first kappa shape index (κ1) is 13.5. The fourth-order valence-corrected chi connectivity index (χ4v) is 2.45. The van der Waals surface area contributed by atoms with Gasteiger partial charge in [0.05, 0.1) is 16.3 Å². The van der Waals surface area contributed by atoms with Crippen LogP contribution < -0.4 is 5.73 Å². The van der Waals surface area contributed by atoms with Crippen molar-refractivity contribution < 1.29 is 9.53 Å². The Morgan fingerprint density at radius 3 is 2.83 bits per heavy atom. The molecule has 1 aliphatic rings. The van der Waals surface area contributed by atoms with Gasteiger partial charge in [-0.1, -0.05) is 23.2 Å². The largest absolute Gasteiger partial charge is 0.457 e. The molecular formula is C12H14Cl2N2O2. The third-order valence-corrected chi connectivity index (χ3v) is 3.47. The Morgan fingerprint density at radius 1 is 1.50 bits per heavy atom. The van der Waals surface area contributed by atoms with E-state index < -0.39 is 5.97 Å². The predicted octanol–water partition coefficient (Wildman–Crippen LogP) is 2.44. The highest BCUT2D eigenvalue weighted by Crippen LogP contribution is 2.28. The van der Waals surface area contributed by atoms with E-state index >= 15 is 0 Å². The summed E-state index contributed by atoms with van der Waals surface area (Å²) in [7, 11) is 1.98. The molecule has 0 amide bonds. The predicted molar refractivity (Wildman–Crippen MR) is 72.2 cm³/mol. The maximum atomic E-state index is 12.0. The molecule has 4 nitrogen and oxygen atoms in total. The molecule has 0 aromatic heterocycles. The highest BCUT2D eigenvalue weighted by Gasteiger charge is 2.25. The third kappa shape index (κ3) is 2.88. The normalized spacial score (nSPS) is 20.1. The Hall–Kier alpha value is -0.970. The number of nitrogens with two attached hydrogens (primary N) is 1. The van der Waals surface area contributed by atoms with Crippen LogP contribution in [-0.2, 0) is 4.74 Å². The molecule has 1 heterocycles. The van der Waals surface area contributed by atoms with Crippen LogP contribution in [0.4, 0.5) is 5.69 Å². The summed E-state index contributed by atoms with van der Waals surface area (Å²) in [6.45, 7) is 1.66. The Balaban J connectivity index is 2.14. The second kappa shape index (κ2) is 5.34. The van der Waals surface area contributed by atoms with Gasteiger partial charge in [0.15, 0.2) is 0 Å². The number of likely N-dealkylation sites (N-methyl/N-ethyl adjacent to an activating group) is 1. The number of esters is 1. The van der Waals surface area contributed by atoms with Crippen molar-refractivity contribution in [2.75, 3.05) is 25.9 Å². The van der Waals surface area contributed by atoms with Gasteiger partial charge in [-0.2, -0.15) is 0 Å². The highest BCUT2D eigenvalue weighted by molar-refractivity contribution is 6.37. The lowest BCUT2D eigenvalue weighted by atomic mass is 10.2. The number of likely N-dealkylation sites (tertiary alicyclic amines) is 1. The van der Waals surface area contributed by atoms with Crippen LogP contribution in [0.5, 0.6) is 0 Å². The van der Waals surface area contributed by atoms with E-state index in [0.29, 0.717) is 5.02 Å². The van der Waals surface area contributed by atoms with Crippen molar-refractivity contribution in [1.29, 1.82) is 0 Å². The molecule has 2 rings (SSSR count). The quantitative estimate of drug-likeness (QED) is 0.671. The number of halogens is 2. The molecule has 0 saturated carbocycles. The van der Waals surface area contributed by atoms with Crippen LogP contribution in [-0.4, -0.2) is 37.1 Å². The Kier molecular flexibility index (Phi) is 4.00. The Morgan fingerprint density at radius 2 is 2.22 bits per heavy atom. The van der Waals surface area contributed by atoms with Crippen molar-refractivity contribution in [3.8, 4) is 0 Å². The molecule has 0 bridgehead atoms. The minimum absolute atomic E-state index is 0.0975. The Labute approximate surface area is 116 Å². The van der Waals surface area contributed by atoms with Gasteiger partial charge in [-0.3, -0.25) is 0 Å². The first-order chi connectivity index (χ1) is 8.47. The molecule has 1 saturated heterocycles. The van der Waals surface area contributed by atoms with E-state index in [1.807, 2.05) is 7.05 Å². The number of nitrogen functional groups attached to an aromatic ring is 1. The van der Waals surface area contributed by atoms with Crippen molar-refractivity contribution in [2.45, 2.75) is 12.5 Å². The molecule has 6 heteroatoms. The summed E-state index contributed by atoms with van der Waals surface area (Å²) in [6, 6.07) is 2.97. The molecule has 1 fully saturated rings. The van der Waals surface area contributed by atoms with Crippen molar-refractivity contribution in [1.82, 2.24) is 4.90 Å². The molecular weight excluding hydrogens is 275 g/mol.